The van der Waals surface area contributed by atoms with Crippen LogP contribution in [0, 0.1) is 13.8 Å². The molecule has 0 aliphatic carbocycles. The lowest BCUT2D eigenvalue weighted by Crippen LogP contribution is -2.02. The van der Waals surface area contributed by atoms with E-state index >= 15 is 0 Å². The number of phenolic OH excluding ortho intramolecular Hbond substituents is 1. The number of hydrogen-bond acceptors (Lipinski definition) is 3. The molecule has 20 heavy (non-hydrogen) atoms. The number of ether oxygens (including phenoxy) is 1. The summed E-state index contributed by atoms with van der Waals surface area (Å²) in [7, 11) is 1.66. The van der Waals surface area contributed by atoms with Crippen LogP contribution >= 0.6 is 15.9 Å². The predicted molar refractivity (Wildman–Crippen MR) is 85.6 cm³/mol. The van der Waals surface area contributed by atoms with Gasteiger partial charge in [-0.05, 0) is 49.2 Å². The highest BCUT2D eigenvalue weighted by atomic mass is 79.9. The maximum atomic E-state index is 9.95. The van der Waals surface area contributed by atoms with Crippen LogP contribution in [0.3, 0.4) is 0 Å². The summed E-state index contributed by atoms with van der Waals surface area (Å²) in [5.74, 6) is 1.17. The van der Waals surface area contributed by atoms with Gasteiger partial charge >= 0.3 is 0 Å². The molecule has 3 nitrogen and oxygen atoms in total. The zero-order valence-corrected chi connectivity index (χ0v) is 13.4. The van der Waals surface area contributed by atoms with Crippen LogP contribution in [-0.4, -0.2) is 12.2 Å². The molecule has 0 saturated carbocycles. The number of nitrogens with one attached hydrogen (secondary N) is 1. The average molecular weight is 336 g/mol. The molecule has 0 saturated heterocycles. The lowest BCUT2D eigenvalue weighted by molar-refractivity contribution is 0.414. The Labute approximate surface area is 127 Å². The number of phenols is 1. The van der Waals surface area contributed by atoms with Crippen LogP contribution in [0.25, 0.3) is 0 Å². The molecule has 0 aliphatic rings. The Kier molecular flexibility index (Phi) is 4.55. The molecule has 106 valence electrons. The molecule has 0 bridgehead atoms. The standard InChI is InChI=1S/C16H18BrNO2/c1-10-4-7-15(11(2)16(10)19)18-9-12-8-13(20-3)5-6-14(12)17/h4-8,18-19H,9H2,1-3H3. The van der Waals surface area contributed by atoms with E-state index in [0.29, 0.717) is 12.3 Å². The van der Waals surface area contributed by atoms with Gasteiger partial charge < -0.3 is 15.2 Å². The lowest BCUT2D eigenvalue weighted by atomic mass is 10.1. The van der Waals surface area contributed by atoms with E-state index in [2.05, 4.69) is 21.2 Å². The Morgan fingerprint density at radius 2 is 1.95 bits per heavy atom. The zero-order valence-electron chi connectivity index (χ0n) is 11.8. The second-order valence-electron chi connectivity index (χ2n) is 4.71. The van der Waals surface area contributed by atoms with Crippen LogP contribution in [0.15, 0.2) is 34.8 Å². The maximum Gasteiger partial charge on any atom is 0.123 e. The third-order valence-electron chi connectivity index (χ3n) is 3.35. The smallest absolute Gasteiger partial charge is 0.123 e. The first kappa shape index (κ1) is 14.7. The third kappa shape index (κ3) is 3.07. The molecule has 0 aromatic heterocycles. The van der Waals surface area contributed by atoms with E-state index in [1.54, 1.807) is 7.11 Å². The van der Waals surface area contributed by atoms with E-state index in [9.17, 15) is 5.11 Å². The van der Waals surface area contributed by atoms with Crippen molar-refractivity contribution in [2.75, 3.05) is 12.4 Å². The van der Waals surface area contributed by atoms with Crippen molar-refractivity contribution in [3.05, 3.63) is 51.5 Å². The topological polar surface area (TPSA) is 41.5 Å². The van der Waals surface area contributed by atoms with Gasteiger partial charge in [-0.3, -0.25) is 0 Å². The number of hydrogen-bond donors (Lipinski definition) is 2. The highest BCUT2D eigenvalue weighted by Crippen LogP contribution is 2.29. The average Bonchev–Trinajstić information content (AvgIpc) is 2.45. The molecular formula is C16H18BrNO2. The second-order valence-corrected chi connectivity index (χ2v) is 5.57. The van der Waals surface area contributed by atoms with E-state index in [0.717, 1.165) is 32.6 Å². The van der Waals surface area contributed by atoms with Crippen LogP contribution in [0.2, 0.25) is 0 Å². The van der Waals surface area contributed by atoms with Crippen molar-refractivity contribution < 1.29 is 9.84 Å². The number of anilines is 1. The van der Waals surface area contributed by atoms with Crippen molar-refractivity contribution in [3.8, 4) is 11.5 Å². The Morgan fingerprint density at radius 1 is 1.20 bits per heavy atom. The summed E-state index contributed by atoms with van der Waals surface area (Å²) in [5, 5.41) is 13.3. The van der Waals surface area contributed by atoms with Gasteiger partial charge in [0.1, 0.15) is 11.5 Å². The van der Waals surface area contributed by atoms with E-state index < -0.39 is 0 Å². The summed E-state index contributed by atoms with van der Waals surface area (Å²) >= 11 is 3.53. The fourth-order valence-corrected chi connectivity index (χ4v) is 2.42. The molecular weight excluding hydrogens is 318 g/mol. The first-order chi connectivity index (χ1) is 9.52. The molecule has 2 aromatic rings. The van der Waals surface area contributed by atoms with Gasteiger partial charge in [0.15, 0.2) is 0 Å². The van der Waals surface area contributed by atoms with Crippen molar-refractivity contribution in [2.24, 2.45) is 0 Å². The van der Waals surface area contributed by atoms with Crippen LogP contribution in [0.5, 0.6) is 11.5 Å². The summed E-state index contributed by atoms with van der Waals surface area (Å²) < 4.78 is 6.26. The monoisotopic (exact) mass is 335 g/mol. The van der Waals surface area contributed by atoms with Crippen LogP contribution in [0.1, 0.15) is 16.7 Å². The fraction of sp³-hybridized carbons (Fsp3) is 0.250. The Morgan fingerprint density at radius 3 is 2.65 bits per heavy atom. The lowest BCUT2D eigenvalue weighted by Gasteiger charge is -2.13. The maximum absolute atomic E-state index is 9.95. The van der Waals surface area contributed by atoms with Crippen LogP contribution < -0.4 is 10.1 Å². The van der Waals surface area contributed by atoms with Gasteiger partial charge in [0, 0.05) is 22.3 Å². The van der Waals surface area contributed by atoms with Gasteiger partial charge in [-0.2, -0.15) is 0 Å². The normalized spacial score (nSPS) is 10.4. The second kappa shape index (κ2) is 6.18. The van der Waals surface area contributed by atoms with Crippen molar-refractivity contribution in [3.63, 3.8) is 0 Å². The summed E-state index contributed by atoms with van der Waals surface area (Å²) in [5.41, 5.74) is 3.78. The molecule has 0 atom stereocenters. The third-order valence-corrected chi connectivity index (χ3v) is 4.13. The number of rotatable bonds is 4. The van der Waals surface area contributed by atoms with E-state index in [1.807, 2.05) is 44.2 Å². The highest BCUT2D eigenvalue weighted by molar-refractivity contribution is 9.10. The SMILES string of the molecule is COc1ccc(Br)c(CNc2ccc(C)c(O)c2C)c1. The Balaban J connectivity index is 2.19. The molecule has 0 unspecified atom stereocenters. The molecule has 0 radical (unpaired) electrons. The van der Waals surface area contributed by atoms with E-state index in [4.69, 9.17) is 4.74 Å². The quantitative estimate of drug-likeness (QED) is 0.870. The first-order valence-electron chi connectivity index (χ1n) is 6.38. The first-order valence-corrected chi connectivity index (χ1v) is 7.17. The summed E-state index contributed by atoms with van der Waals surface area (Å²) in [6.07, 6.45) is 0. The van der Waals surface area contributed by atoms with Crippen LogP contribution in [0.4, 0.5) is 5.69 Å². The Bertz CT molecular complexity index is 626. The van der Waals surface area contributed by atoms with Gasteiger partial charge in [-0.15, -0.1) is 0 Å². The van der Waals surface area contributed by atoms with Gasteiger partial charge in [0.2, 0.25) is 0 Å². The minimum atomic E-state index is 0.347. The number of halogens is 1. The molecule has 2 aromatic carbocycles. The van der Waals surface area contributed by atoms with E-state index in [-0.39, 0.29) is 0 Å². The van der Waals surface area contributed by atoms with Crippen molar-refractivity contribution >= 4 is 21.6 Å². The van der Waals surface area contributed by atoms with Crippen molar-refractivity contribution in [1.29, 1.82) is 0 Å². The molecule has 2 rings (SSSR count). The largest absolute Gasteiger partial charge is 0.507 e. The molecule has 0 fully saturated rings. The molecule has 4 heteroatoms. The molecule has 0 amide bonds. The minimum Gasteiger partial charge on any atom is -0.507 e. The molecule has 2 N–H and O–H groups in total. The fourth-order valence-electron chi connectivity index (χ4n) is 2.03. The molecule has 0 heterocycles. The van der Waals surface area contributed by atoms with Gasteiger partial charge in [-0.25, -0.2) is 0 Å². The van der Waals surface area contributed by atoms with Crippen LogP contribution in [-0.2, 0) is 6.54 Å². The minimum absolute atomic E-state index is 0.347. The number of aryl methyl sites for hydroxylation is 1. The predicted octanol–water partition coefficient (Wildman–Crippen LogP) is 4.39. The van der Waals surface area contributed by atoms with Gasteiger partial charge in [0.05, 0.1) is 7.11 Å². The number of aromatic hydroxyl groups is 1. The summed E-state index contributed by atoms with van der Waals surface area (Å²) in [6.45, 7) is 4.46. The van der Waals surface area contributed by atoms with E-state index in [1.165, 1.54) is 0 Å². The Hall–Kier alpha value is -1.68. The van der Waals surface area contributed by atoms with Crippen molar-refractivity contribution in [2.45, 2.75) is 20.4 Å². The van der Waals surface area contributed by atoms with Gasteiger partial charge in [-0.1, -0.05) is 22.0 Å². The summed E-state index contributed by atoms with van der Waals surface area (Å²) in [6, 6.07) is 9.76. The summed E-state index contributed by atoms with van der Waals surface area (Å²) in [4.78, 5) is 0. The number of benzene rings is 2. The number of methoxy groups -OCH3 is 1. The van der Waals surface area contributed by atoms with Gasteiger partial charge in [0.25, 0.3) is 0 Å². The molecule has 0 aliphatic heterocycles. The molecule has 0 spiro atoms. The zero-order chi connectivity index (χ0) is 14.7. The van der Waals surface area contributed by atoms with Crippen molar-refractivity contribution in [1.82, 2.24) is 0 Å². The highest BCUT2D eigenvalue weighted by Gasteiger charge is 2.07.